The number of piperidine rings is 1. The maximum Gasteiger partial charge on any atom is 0.289 e. The fourth-order valence-corrected chi connectivity index (χ4v) is 2.74. The molecule has 0 unspecified atom stereocenters. The second-order valence-electron chi connectivity index (χ2n) is 5.18. The van der Waals surface area contributed by atoms with E-state index in [9.17, 15) is 9.59 Å². The zero-order valence-electron chi connectivity index (χ0n) is 11.9. The van der Waals surface area contributed by atoms with Gasteiger partial charge in [-0.3, -0.25) is 9.59 Å². The Kier molecular flexibility index (Phi) is 3.64. The standard InChI is InChI=1S/C16H17NO4/c1-20-13-6-5-11(10-18)12-9-14(21-15(12)13)16(19)17-7-3-2-4-8-17/h5-6,9-10H,2-4,7-8H2,1H3. The second kappa shape index (κ2) is 5.60. The number of aldehydes is 1. The van der Waals surface area contributed by atoms with Crippen LogP contribution in [-0.4, -0.2) is 37.3 Å². The molecule has 0 aliphatic carbocycles. The summed E-state index contributed by atoms with van der Waals surface area (Å²) in [4.78, 5) is 25.4. The summed E-state index contributed by atoms with van der Waals surface area (Å²) < 4.78 is 10.9. The summed E-state index contributed by atoms with van der Waals surface area (Å²) in [6.07, 6.45) is 3.96. The molecule has 1 amide bonds. The second-order valence-corrected chi connectivity index (χ2v) is 5.18. The predicted octanol–water partition coefficient (Wildman–Crippen LogP) is 2.88. The monoisotopic (exact) mass is 287 g/mol. The lowest BCUT2D eigenvalue weighted by Gasteiger charge is -2.25. The Morgan fingerprint density at radius 3 is 2.71 bits per heavy atom. The molecule has 1 aromatic heterocycles. The number of nitrogens with zero attached hydrogens (tertiary/aromatic N) is 1. The van der Waals surface area contributed by atoms with Gasteiger partial charge in [-0.2, -0.15) is 0 Å². The van der Waals surface area contributed by atoms with E-state index >= 15 is 0 Å². The van der Waals surface area contributed by atoms with Crippen LogP contribution in [-0.2, 0) is 0 Å². The summed E-state index contributed by atoms with van der Waals surface area (Å²) in [7, 11) is 1.53. The number of likely N-dealkylation sites (tertiary alicyclic amines) is 1. The van der Waals surface area contributed by atoms with Gasteiger partial charge >= 0.3 is 0 Å². The number of fused-ring (bicyclic) bond motifs is 1. The van der Waals surface area contributed by atoms with Crippen molar-refractivity contribution in [2.24, 2.45) is 0 Å². The number of furan rings is 1. The van der Waals surface area contributed by atoms with Gasteiger partial charge in [-0.05, 0) is 37.5 Å². The Bertz CT molecular complexity index is 683. The number of methoxy groups -OCH3 is 1. The predicted molar refractivity (Wildman–Crippen MR) is 77.9 cm³/mol. The van der Waals surface area contributed by atoms with E-state index in [0.717, 1.165) is 38.6 Å². The van der Waals surface area contributed by atoms with Crippen molar-refractivity contribution in [3.63, 3.8) is 0 Å². The zero-order chi connectivity index (χ0) is 14.8. The van der Waals surface area contributed by atoms with E-state index in [1.807, 2.05) is 0 Å². The fourth-order valence-electron chi connectivity index (χ4n) is 2.74. The Balaban J connectivity index is 2.03. The third-order valence-corrected chi connectivity index (χ3v) is 3.88. The minimum absolute atomic E-state index is 0.121. The van der Waals surface area contributed by atoms with Crippen molar-refractivity contribution in [2.45, 2.75) is 19.3 Å². The number of ether oxygens (including phenoxy) is 1. The molecule has 0 N–H and O–H groups in total. The van der Waals surface area contributed by atoms with Crippen LogP contribution in [0.25, 0.3) is 11.0 Å². The van der Waals surface area contributed by atoms with Gasteiger partial charge in [0.1, 0.15) is 0 Å². The lowest BCUT2D eigenvalue weighted by atomic mass is 10.1. The minimum Gasteiger partial charge on any atom is -0.493 e. The van der Waals surface area contributed by atoms with Gasteiger partial charge in [-0.15, -0.1) is 0 Å². The molecule has 0 atom stereocenters. The van der Waals surface area contributed by atoms with E-state index in [0.29, 0.717) is 22.3 Å². The van der Waals surface area contributed by atoms with Crippen LogP contribution in [0, 0.1) is 0 Å². The van der Waals surface area contributed by atoms with E-state index in [2.05, 4.69) is 0 Å². The van der Waals surface area contributed by atoms with Crippen molar-refractivity contribution in [1.82, 2.24) is 4.90 Å². The minimum atomic E-state index is -0.121. The highest BCUT2D eigenvalue weighted by atomic mass is 16.5. The molecule has 2 heterocycles. The van der Waals surface area contributed by atoms with Crippen molar-refractivity contribution in [3.8, 4) is 5.75 Å². The highest BCUT2D eigenvalue weighted by Gasteiger charge is 2.23. The van der Waals surface area contributed by atoms with E-state index in [1.165, 1.54) is 7.11 Å². The third-order valence-electron chi connectivity index (χ3n) is 3.88. The SMILES string of the molecule is COc1ccc(C=O)c2cc(C(=O)N3CCCCC3)oc12. The Labute approximate surface area is 122 Å². The lowest BCUT2D eigenvalue weighted by Crippen LogP contribution is -2.35. The van der Waals surface area contributed by atoms with Crippen molar-refractivity contribution in [2.75, 3.05) is 20.2 Å². The maximum atomic E-state index is 12.5. The summed E-state index contributed by atoms with van der Waals surface area (Å²) in [5, 5.41) is 0.615. The van der Waals surface area contributed by atoms with E-state index in [-0.39, 0.29) is 11.7 Å². The van der Waals surface area contributed by atoms with Crippen LogP contribution >= 0.6 is 0 Å². The van der Waals surface area contributed by atoms with Crippen LogP contribution < -0.4 is 4.74 Å². The molecule has 2 aromatic rings. The molecule has 0 bridgehead atoms. The number of amides is 1. The van der Waals surface area contributed by atoms with E-state index in [4.69, 9.17) is 9.15 Å². The molecule has 110 valence electrons. The molecule has 0 saturated carbocycles. The van der Waals surface area contributed by atoms with Crippen molar-refractivity contribution < 1.29 is 18.7 Å². The lowest BCUT2D eigenvalue weighted by molar-refractivity contribution is 0.0694. The normalized spacial score (nSPS) is 15.2. The molecule has 1 aliphatic heterocycles. The van der Waals surface area contributed by atoms with Crippen molar-refractivity contribution in [1.29, 1.82) is 0 Å². The topological polar surface area (TPSA) is 59.8 Å². The largest absolute Gasteiger partial charge is 0.493 e. The highest BCUT2D eigenvalue weighted by Crippen LogP contribution is 2.31. The molecule has 5 heteroatoms. The number of carbonyl (C=O) groups is 2. The van der Waals surface area contributed by atoms with Crippen LogP contribution in [0.5, 0.6) is 5.75 Å². The first-order valence-corrected chi connectivity index (χ1v) is 7.09. The summed E-state index contributed by atoms with van der Waals surface area (Å²) in [6, 6.07) is 4.97. The van der Waals surface area contributed by atoms with E-state index < -0.39 is 0 Å². The number of rotatable bonds is 3. The molecule has 0 spiro atoms. The first-order chi connectivity index (χ1) is 10.2. The summed E-state index contributed by atoms with van der Waals surface area (Å²) in [5.41, 5.74) is 0.940. The van der Waals surface area contributed by atoms with Gasteiger partial charge in [0.25, 0.3) is 5.91 Å². The number of hydrogen-bond acceptors (Lipinski definition) is 4. The first kappa shape index (κ1) is 13.7. The molecule has 5 nitrogen and oxygen atoms in total. The van der Waals surface area contributed by atoms with Crippen LogP contribution in [0.2, 0.25) is 0 Å². The Hall–Kier alpha value is -2.30. The number of benzene rings is 1. The fraction of sp³-hybridized carbons (Fsp3) is 0.375. The van der Waals surface area contributed by atoms with E-state index in [1.54, 1.807) is 23.1 Å². The number of hydrogen-bond donors (Lipinski definition) is 0. The Morgan fingerprint density at radius 2 is 2.05 bits per heavy atom. The molecule has 3 rings (SSSR count). The maximum absolute atomic E-state index is 12.5. The highest BCUT2D eigenvalue weighted by molar-refractivity contribution is 6.03. The molecular weight excluding hydrogens is 270 g/mol. The smallest absolute Gasteiger partial charge is 0.289 e. The Morgan fingerprint density at radius 1 is 1.29 bits per heavy atom. The number of carbonyl (C=O) groups excluding carboxylic acids is 2. The summed E-state index contributed by atoms with van der Waals surface area (Å²) in [5.74, 6) is 0.664. The average Bonchev–Trinajstić information content (AvgIpc) is 2.99. The molecule has 0 radical (unpaired) electrons. The van der Waals surface area contributed by atoms with Crippen LogP contribution in [0.3, 0.4) is 0 Å². The van der Waals surface area contributed by atoms with Gasteiger partial charge in [0.2, 0.25) is 0 Å². The summed E-state index contributed by atoms with van der Waals surface area (Å²) >= 11 is 0. The van der Waals surface area contributed by atoms with Gasteiger partial charge < -0.3 is 14.1 Å². The average molecular weight is 287 g/mol. The van der Waals surface area contributed by atoms with Gasteiger partial charge in [0, 0.05) is 24.0 Å². The van der Waals surface area contributed by atoms with Gasteiger partial charge in [0.15, 0.2) is 23.4 Å². The zero-order valence-corrected chi connectivity index (χ0v) is 11.9. The van der Waals surface area contributed by atoms with Crippen molar-refractivity contribution >= 4 is 23.2 Å². The van der Waals surface area contributed by atoms with Gasteiger partial charge in [-0.25, -0.2) is 0 Å². The molecule has 1 aromatic carbocycles. The van der Waals surface area contributed by atoms with Gasteiger partial charge in [0.05, 0.1) is 7.11 Å². The molecule has 1 fully saturated rings. The van der Waals surface area contributed by atoms with Crippen LogP contribution in [0.1, 0.15) is 40.2 Å². The summed E-state index contributed by atoms with van der Waals surface area (Å²) in [6.45, 7) is 1.51. The molecule has 1 saturated heterocycles. The van der Waals surface area contributed by atoms with Crippen molar-refractivity contribution in [3.05, 3.63) is 29.5 Å². The quantitative estimate of drug-likeness (QED) is 0.814. The molecular formula is C16H17NO4. The van der Waals surface area contributed by atoms with Gasteiger partial charge in [-0.1, -0.05) is 0 Å². The van der Waals surface area contributed by atoms with Crippen LogP contribution in [0.15, 0.2) is 22.6 Å². The third kappa shape index (κ3) is 2.39. The van der Waals surface area contributed by atoms with Crippen LogP contribution in [0.4, 0.5) is 0 Å². The molecule has 1 aliphatic rings. The first-order valence-electron chi connectivity index (χ1n) is 7.09. The molecule has 21 heavy (non-hydrogen) atoms.